The Morgan fingerprint density at radius 3 is 2.52 bits per heavy atom. The van der Waals surface area contributed by atoms with Crippen LogP contribution in [0, 0.1) is 5.82 Å². The van der Waals surface area contributed by atoms with Crippen molar-refractivity contribution in [2.75, 3.05) is 5.43 Å². The van der Waals surface area contributed by atoms with E-state index >= 15 is 0 Å². The van der Waals surface area contributed by atoms with Crippen LogP contribution >= 0.6 is 0 Å². The number of hydrazine groups is 1. The number of nitrogens with one attached hydrogen (secondary N) is 2. The molecule has 0 radical (unpaired) electrons. The molecule has 2 aromatic rings. The molecule has 0 saturated carbocycles. The van der Waals surface area contributed by atoms with Crippen LogP contribution in [-0.2, 0) is 0 Å². The number of para-hydroxylation sites is 1. The minimum absolute atomic E-state index is 0.00193. The summed E-state index contributed by atoms with van der Waals surface area (Å²) in [5, 5.41) is 2.90. The summed E-state index contributed by atoms with van der Waals surface area (Å²) in [7, 11) is 0. The number of hydrogen-bond donors (Lipinski definition) is 3. The van der Waals surface area contributed by atoms with Gasteiger partial charge in [0.2, 0.25) is 0 Å². The molecule has 0 aliphatic carbocycles. The predicted octanol–water partition coefficient (Wildman–Crippen LogP) is 2.99. The van der Waals surface area contributed by atoms with Gasteiger partial charge in [0.1, 0.15) is 5.82 Å². The zero-order valence-electron chi connectivity index (χ0n) is 11.8. The number of carbonyl (C=O) groups excluding carboxylic acids is 1. The van der Waals surface area contributed by atoms with Crippen LogP contribution < -0.4 is 16.6 Å². The molecule has 0 aliphatic heterocycles. The number of halogens is 1. The third-order valence-electron chi connectivity index (χ3n) is 3.32. The highest BCUT2D eigenvalue weighted by Gasteiger charge is 2.18. The van der Waals surface area contributed by atoms with Crippen LogP contribution in [0.15, 0.2) is 48.5 Å². The molecule has 4 N–H and O–H groups in total. The van der Waals surface area contributed by atoms with Gasteiger partial charge in [-0.3, -0.25) is 10.6 Å². The first-order chi connectivity index (χ1) is 10.2. The number of benzene rings is 2. The van der Waals surface area contributed by atoms with Gasteiger partial charge in [0.15, 0.2) is 0 Å². The van der Waals surface area contributed by atoms with Gasteiger partial charge in [-0.05, 0) is 24.1 Å². The van der Waals surface area contributed by atoms with Gasteiger partial charge < -0.3 is 10.7 Å². The third-order valence-corrected chi connectivity index (χ3v) is 3.32. The molecule has 1 atom stereocenters. The molecule has 21 heavy (non-hydrogen) atoms. The maximum Gasteiger partial charge on any atom is 0.254 e. The molecule has 1 amide bonds. The summed E-state index contributed by atoms with van der Waals surface area (Å²) in [6.45, 7) is 1.98. The fourth-order valence-corrected chi connectivity index (χ4v) is 2.20. The van der Waals surface area contributed by atoms with Gasteiger partial charge in [-0.25, -0.2) is 4.39 Å². The summed E-state index contributed by atoms with van der Waals surface area (Å²) in [5.74, 6) is 4.37. The van der Waals surface area contributed by atoms with Crippen molar-refractivity contribution < 1.29 is 9.18 Å². The van der Waals surface area contributed by atoms with Gasteiger partial charge in [0.05, 0.1) is 17.3 Å². The van der Waals surface area contributed by atoms with Crippen LogP contribution in [0.5, 0.6) is 0 Å². The summed E-state index contributed by atoms with van der Waals surface area (Å²) in [6.07, 6.45) is 0.733. The Labute approximate surface area is 123 Å². The molecule has 1 unspecified atom stereocenters. The van der Waals surface area contributed by atoms with Crippen LogP contribution in [0.4, 0.5) is 10.1 Å². The number of amides is 1. The molecule has 0 heterocycles. The van der Waals surface area contributed by atoms with Crippen molar-refractivity contribution in [1.29, 1.82) is 0 Å². The van der Waals surface area contributed by atoms with E-state index in [0.717, 1.165) is 12.0 Å². The number of anilines is 1. The minimum Gasteiger partial charge on any atom is -0.345 e. The van der Waals surface area contributed by atoms with Gasteiger partial charge in [0.25, 0.3) is 5.91 Å². The van der Waals surface area contributed by atoms with Crippen molar-refractivity contribution >= 4 is 11.6 Å². The van der Waals surface area contributed by atoms with E-state index in [4.69, 9.17) is 5.84 Å². The fraction of sp³-hybridized carbons (Fsp3) is 0.188. The molecule has 110 valence electrons. The highest BCUT2D eigenvalue weighted by molar-refractivity contribution is 5.99. The topological polar surface area (TPSA) is 67.2 Å². The Kier molecular flexibility index (Phi) is 4.90. The highest BCUT2D eigenvalue weighted by atomic mass is 19.1. The van der Waals surface area contributed by atoms with Crippen LogP contribution in [-0.4, -0.2) is 5.91 Å². The highest BCUT2D eigenvalue weighted by Crippen LogP contribution is 2.21. The van der Waals surface area contributed by atoms with Crippen molar-refractivity contribution in [3.8, 4) is 0 Å². The van der Waals surface area contributed by atoms with Crippen molar-refractivity contribution in [1.82, 2.24) is 5.32 Å². The molecule has 0 aliphatic rings. The lowest BCUT2D eigenvalue weighted by atomic mass is 10.0. The summed E-state index contributed by atoms with van der Waals surface area (Å²) < 4.78 is 13.6. The molecule has 0 aromatic heterocycles. The fourth-order valence-electron chi connectivity index (χ4n) is 2.20. The molecule has 2 rings (SSSR count). The SMILES string of the molecule is CCC(NC(=O)c1cccc(F)c1NN)c1ccccc1. The Bertz CT molecular complexity index is 616. The maximum atomic E-state index is 13.6. The van der Waals surface area contributed by atoms with E-state index in [1.165, 1.54) is 18.2 Å². The lowest BCUT2D eigenvalue weighted by Crippen LogP contribution is -2.29. The first kappa shape index (κ1) is 15.0. The van der Waals surface area contributed by atoms with Crippen molar-refractivity contribution in [3.05, 3.63) is 65.5 Å². The first-order valence-corrected chi connectivity index (χ1v) is 6.78. The van der Waals surface area contributed by atoms with E-state index < -0.39 is 5.82 Å². The number of nitrogen functional groups attached to an aromatic ring is 1. The van der Waals surface area contributed by atoms with Crippen molar-refractivity contribution in [3.63, 3.8) is 0 Å². The molecule has 2 aromatic carbocycles. The lowest BCUT2D eigenvalue weighted by Gasteiger charge is -2.18. The Hall–Kier alpha value is -2.40. The van der Waals surface area contributed by atoms with Crippen LogP contribution in [0.25, 0.3) is 0 Å². The molecule has 0 fully saturated rings. The summed E-state index contributed by atoms with van der Waals surface area (Å²) in [4.78, 5) is 12.3. The second-order valence-electron chi connectivity index (χ2n) is 4.65. The average molecular weight is 287 g/mol. The zero-order valence-corrected chi connectivity index (χ0v) is 11.8. The van der Waals surface area contributed by atoms with Crippen LogP contribution in [0.3, 0.4) is 0 Å². The zero-order chi connectivity index (χ0) is 15.2. The van der Waals surface area contributed by atoms with E-state index in [2.05, 4.69) is 10.7 Å². The first-order valence-electron chi connectivity index (χ1n) is 6.78. The number of rotatable bonds is 5. The van der Waals surface area contributed by atoms with Gasteiger partial charge in [-0.1, -0.05) is 43.3 Å². The second-order valence-corrected chi connectivity index (χ2v) is 4.65. The van der Waals surface area contributed by atoms with Gasteiger partial charge >= 0.3 is 0 Å². The number of hydrogen-bond acceptors (Lipinski definition) is 3. The molecule has 4 nitrogen and oxygen atoms in total. The van der Waals surface area contributed by atoms with E-state index in [0.29, 0.717) is 0 Å². The standard InChI is InChI=1S/C16H18FN3O/c1-2-14(11-7-4-3-5-8-11)19-16(21)12-9-6-10-13(17)15(12)20-18/h3-10,14,20H,2,18H2,1H3,(H,19,21). The quantitative estimate of drug-likeness (QED) is 0.585. The molecular formula is C16H18FN3O. The molecule has 5 heteroatoms. The predicted molar refractivity (Wildman–Crippen MR) is 81.2 cm³/mol. The van der Waals surface area contributed by atoms with E-state index in [1.54, 1.807) is 0 Å². The number of carbonyl (C=O) groups is 1. The molecule has 0 spiro atoms. The molecular weight excluding hydrogens is 269 g/mol. The van der Waals surface area contributed by atoms with E-state index in [-0.39, 0.29) is 23.2 Å². The summed E-state index contributed by atoms with van der Waals surface area (Å²) in [5.41, 5.74) is 3.43. The molecule has 0 saturated heterocycles. The minimum atomic E-state index is -0.557. The Morgan fingerprint density at radius 1 is 1.19 bits per heavy atom. The van der Waals surface area contributed by atoms with Crippen molar-refractivity contribution in [2.45, 2.75) is 19.4 Å². The third kappa shape index (κ3) is 3.38. The monoisotopic (exact) mass is 287 g/mol. The Balaban J connectivity index is 2.23. The van der Waals surface area contributed by atoms with E-state index in [9.17, 15) is 9.18 Å². The maximum absolute atomic E-state index is 13.6. The van der Waals surface area contributed by atoms with Gasteiger partial charge in [-0.15, -0.1) is 0 Å². The largest absolute Gasteiger partial charge is 0.345 e. The van der Waals surface area contributed by atoms with Crippen LogP contribution in [0.2, 0.25) is 0 Å². The average Bonchev–Trinajstić information content (AvgIpc) is 2.53. The number of nitrogens with two attached hydrogens (primary N) is 1. The van der Waals surface area contributed by atoms with Crippen molar-refractivity contribution in [2.24, 2.45) is 5.84 Å². The van der Waals surface area contributed by atoms with E-state index in [1.807, 2.05) is 37.3 Å². The van der Waals surface area contributed by atoms with Gasteiger partial charge in [-0.2, -0.15) is 0 Å². The lowest BCUT2D eigenvalue weighted by molar-refractivity contribution is 0.0936. The summed E-state index contributed by atoms with van der Waals surface area (Å²) in [6, 6.07) is 13.8. The van der Waals surface area contributed by atoms with Gasteiger partial charge in [0, 0.05) is 0 Å². The normalized spacial score (nSPS) is 11.8. The van der Waals surface area contributed by atoms with Crippen LogP contribution in [0.1, 0.15) is 35.3 Å². The Morgan fingerprint density at radius 2 is 1.90 bits per heavy atom. The molecule has 0 bridgehead atoms. The smallest absolute Gasteiger partial charge is 0.254 e. The second kappa shape index (κ2) is 6.85. The summed E-state index contributed by atoms with van der Waals surface area (Å²) >= 11 is 0.